The molecule has 2 rings (SSSR count). The number of hydrogen-bond acceptors (Lipinski definition) is 4. The van der Waals surface area contributed by atoms with Gasteiger partial charge in [0.15, 0.2) is 0 Å². The van der Waals surface area contributed by atoms with Gasteiger partial charge in [-0.05, 0) is 57.0 Å². The van der Waals surface area contributed by atoms with E-state index < -0.39 is 10.0 Å². The molecule has 1 amide bonds. The minimum absolute atomic E-state index is 0.185. The highest BCUT2D eigenvalue weighted by atomic mass is 35.5. The zero-order valence-electron chi connectivity index (χ0n) is 14.0. The van der Waals surface area contributed by atoms with Crippen molar-refractivity contribution in [3.63, 3.8) is 0 Å². The van der Waals surface area contributed by atoms with Crippen molar-refractivity contribution in [2.45, 2.75) is 19.3 Å². The van der Waals surface area contributed by atoms with Gasteiger partial charge in [0.2, 0.25) is 10.0 Å². The molecule has 1 saturated heterocycles. The number of likely N-dealkylation sites (tertiary alicyclic amines) is 1. The number of benzene rings is 1. The molecule has 0 aliphatic carbocycles. The normalized spacial score (nSPS) is 16.2. The Morgan fingerprint density at radius 2 is 2.00 bits per heavy atom. The molecule has 1 aromatic carbocycles. The van der Waals surface area contributed by atoms with E-state index in [1.54, 1.807) is 11.0 Å². The highest BCUT2D eigenvalue weighted by Crippen LogP contribution is 2.26. The fraction of sp³-hybridized carbons (Fsp3) is 0.562. The molecule has 6 nitrogen and oxygen atoms in total. The van der Waals surface area contributed by atoms with Crippen LogP contribution >= 0.6 is 11.6 Å². The molecule has 0 bridgehead atoms. The molecule has 8 heteroatoms. The summed E-state index contributed by atoms with van der Waals surface area (Å²) in [6.45, 7) is 2.34. The van der Waals surface area contributed by atoms with Crippen molar-refractivity contribution in [1.29, 1.82) is 0 Å². The summed E-state index contributed by atoms with van der Waals surface area (Å²) < 4.78 is 25.4. The van der Waals surface area contributed by atoms with Crippen LogP contribution in [0, 0.1) is 5.92 Å². The minimum atomic E-state index is -3.47. The zero-order valence-corrected chi connectivity index (χ0v) is 15.6. The summed E-state index contributed by atoms with van der Waals surface area (Å²) in [4.78, 5) is 14.6. The molecule has 1 aliphatic rings. The number of piperidine rings is 1. The molecule has 134 valence electrons. The smallest absolute Gasteiger partial charge is 0.256 e. The van der Waals surface area contributed by atoms with Gasteiger partial charge in [0.1, 0.15) is 0 Å². The van der Waals surface area contributed by atoms with Gasteiger partial charge in [-0.25, -0.2) is 8.42 Å². The van der Waals surface area contributed by atoms with Gasteiger partial charge >= 0.3 is 0 Å². The fourth-order valence-electron chi connectivity index (χ4n) is 2.93. The predicted octanol–water partition coefficient (Wildman–Crippen LogP) is 2.17. The Kier molecular flexibility index (Phi) is 6.48. The topological polar surface area (TPSA) is 78.5 Å². The maximum Gasteiger partial charge on any atom is 0.256 e. The Labute approximate surface area is 148 Å². The Bertz CT molecular complexity index is 686. The van der Waals surface area contributed by atoms with Crippen LogP contribution in [0.1, 0.15) is 29.6 Å². The van der Waals surface area contributed by atoms with E-state index in [2.05, 4.69) is 10.0 Å². The van der Waals surface area contributed by atoms with Gasteiger partial charge in [-0.3, -0.25) is 9.52 Å². The molecule has 2 N–H and O–H groups in total. The lowest BCUT2D eigenvalue weighted by atomic mass is 9.93. The van der Waals surface area contributed by atoms with Gasteiger partial charge in [0, 0.05) is 18.1 Å². The van der Waals surface area contributed by atoms with Crippen LogP contribution < -0.4 is 10.0 Å². The van der Waals surface area contributed by atoms with Crippen LogP contribution in [0.5, 0.6) is 0 Å². The van der Waals surface area contributed by atoms with Crippen LogP contribution in [0.25, 0.3) is 0 Å². The number of rotatable bonds is 6. The molecule has 0 unspecified atom stereocenters. The lowest BCUT2D eigenvalue weighted by Gasteiger charge is -2.32. The average molecular weight is 374 g/mol. The molecule has 0 saturated carbocycles. The maximum atomic E-state index is 12.8. The quantitative estimate of drug-likeness (QED) is 0.801. The van der Waals surface area contributed by atoms with Crippen molar-refractivity contribution >= 4 is 33.2 Å². The summed E-state index contributed by atoms with van der Waals surface area (Å²) in [5.41, 5.74) is 0.561. The van der Waals surface area contributed by atoms with Crippen LogP contribution in [0.4, 0.5) is 5.69 Å². The lowest BCUT2D eigenvalue weighted by molar-refractivity contribution is 0.0688. The lowest BCUT2D eigenvalue weighted by Crippen LogP contribution is -2.39. The largest absolute Gasteiger partial charge is 0.339 e. The van der Waals surface area contributed by atoms with E-state index in [4.69, 9.17) is 11.6 Å². The van der Waals surface area contributed by atoms with Crippen molar-refractivity contribution in [3.05, 3.63) is 28.8 Å². The van der Waals surface area contributed by atoms with Gasteiger partial charge < -0.3 is 10.2 Å². The molecule has 1 heterocycles. The van der Waals surface area contributed by atoms with E-state index in [1.165, 1.54) is 12.1 Å². The highest BCUT2D eigenvalue weighted by molar-refractivity contribution is 7.92. The Morgan fingerprint density at radius 1 is 1.33 bits per heavy atom. The van der Waals surface area contributed by atoms with Gasteiger partial charge in [0.05, 0.1) is 17.5 Å². The van der Waals surface area contributed by atoms with E-state index >= 15 is 0 Å². The van der Waals surface area contributed by atoms with Crippen LogP contribution in [-0.2, 0) is 10.0 Å². The van der Waals surface area contributed by atoms with E-state index in [0.717, 1.165) is 32.1 Å². The number of halogens is 1. The molecule has 24 heavy (non-hydrogen) atoms. The summed E-state index contributed by atoms with van der Waals surface area (Å²) in [5.74, 6) is 0.435. The van der Waals surface area contributed by atoms with Gasteiger partial charge in [0.25, 0.3) is 5.91 Å². The number of anilines is 1. The van der Waals surface area contributed by atoms with Crippen LogP contribution in [0.3, 0.4) is 0 Å². The Balaban J connectivity index is 2.11. The first-order valence-electron chi connectivity index (χ1n) is 8.01. The third kappa shape index (κ3) is 5.36. The SMILES string of the molecule is CNCCC1CCN(C(=O)c2cc(Cl)ccc2NS(C)(=O)=O)CC1. The second-order valence-electron chi connectivity index (χ2n) is 6.19. The van der Waals surface area contributed by atoms with E-state index in [1.807, 2.05) is 7.05 Å². The van der Waals surface area contributed by atoms with Crippen LogP contribution in [-0.4, -0.2) is 52.2 Å². The van der Waals surface area contributed by atoms with E-state index in [0.29, 0.717) is 29.6 Å². The third-order valence-corrected chi connectivity index (χ3v) is 5.04. The molecule has 1 aromatic rings. The molecule has 1 aliphatic heterocycles. The fourth-order valence-corrected chi connectivity index (χ4v) is 3.68. The van der Waals surface area contributed by atoms with E-state index in [9.17, 15) is 13.2 Å². The van der Waals surface area contributed by atoms with Crippen molar-refractivity contribution in [1.82, 2.24) is 10.2 Å². The van der Waals surface area contributed by atoms with Crippen LogP contribution in [0.2, 0.25) is 5.02 Å². The standard InChI is InChI=1S/C16H24ClN3O3S/c1-18-8-5-12-6-9-20(10-7-12)16(21)14-11-13(17)3-4-15(14)19-24(2,22)23/h3-4,11-12,18-19H,5-10H2,1-2H3. The van der Waals surface area contributed by atoms with Gasteiger partial charge in [-0.2, -0.15) is 0 Å². The van der Waals surface area contributed by atoms with Crippen molar-refractivity contribution < 1.29 is 13.2 Å². The van der Waals surface area contributed by atoms with Crippen LogP contribution in [0.15, 0.2) is 18.2 Å². The number of amides is 1. The first-order valence-corrected chi connectivity index (χ1v) is 10.3. The molecular formula is C16H24ClN3O3S. The third-order valence-electron chi connectivity index (χ3n) is 4.21. The molecule has 0 radical (unpaired) electrons. The van der Waals surface area contributed by atoms with Crippen molar-refractivity contribution in [3.8, 4) is 0 Å². The molecule has 1 fully saturated rings. The van der Waals surface area contributed by atoms with Crippen molar-refractivity contribution in [2.75, 3.05) is 37.7 Å². The number of carbonyl (C=O) groups excluding carboxylic acids is 1. The summed E-state index contributed by atoms with van der Waals surface area (Å²) >= 11 is 6.00. The monoisotopic (exact) mass is 373 g/mol. The number of nitrogens with one attached hydrogen (secondary N) is 2. The summed E-state index contributed by atoms with van der Waals surface area (Å²) in [5, 5.41) is 3.55. The summed E-state index contributed by atoms with van der Waals surface area (Å²) in [6, 6.07) is 4.61. The number of sulfonamides is 1. The van der Waals surface area contributed by atoms with Crippen molar-refractivity contribution in [2.24, 2.45) is 5.92 Å². The average Bonchev–Trinajstić information content (AvgIpc) is 2.53. The molecular weight excluding hydrogens is 350 g/mol. The predicted molar refractivity (Wildman–Crippen MR) is 97.1 cm³/mol. The maximum absolute atomic E-state index is 12.8. The Hall–Kier alpha value is -1.31. The molecule has 0 aromatic heterocycles. The van der Waals surface area contributed by atoms with Gasteiger partial charge in [-0.15, -0.1) is 0 Å². The number of carbonyl (C=O) groups is 1. The van der Waals surface area contributed by atoms with Gasteiger partial charge in [-0.1, -0.05) is 11.6 Å². The highest BCUT2D eigenvalue weighted by Gasteiger charge is 2.25. The summed E-state index contributed by atoms with van der Waals surface area (Å²) in [6.07, 6.45) is 4.09. The first kappa shape index (κ1) is 19.0. The minimum Gasteiger partial charge on any atom is -0.339 e. The molecule has 0 spiro atoms. The van der Waals surface area contributed by atoms with E-state index in [-0.39, 0.29) is 11.6 Å². The summed E-state index contributed by atoms with van der Waals surface area (Å²) in [7, 11) is -1.53. The number of hydrogen-bond donors (Lipinski definition) is 2. The Morgan fingerprint density at radius 3 is 2.58 bits per heavy atom. The first-order chi connectivity index (χ1) is 11.3. The number of nitrogens with zero attached hydrogens (tertiary/aromatic N) is 1. The molecule has 0 atom stereocenters. The zero-order chi connectivity index (χ0) is 17.7. The second-order valence-corrected chi connectivity index (χ2v) is 8.38. The second kappa shape index (κ2) is 8.18.